The van der Waals surface area contributed by atoms with Crippen molar-refractivity contribution in [1.29, 1.82) is 0 Å². The smallest absolute Gasteiger partial charge is 0.192 e. The van der Waals surface area contributed by atoms with E-state index in [4.69, 9.17) is 4.74 Å². The number of aryl methyl sites for hydroxylation is 1. The van der Waals surface area contributed by atoms with E-state index in [1.54, 1.807) is 6.20 Å². The molecule has 4 nitrogen and oxygen atoms in total. The van der Waals surface area contributed by atoms with Crippen LogP contribution in [0, 0.1) is 6.92 Å². The summed E-state index contributed by atoms with van der Waals surface area (Å²) in [5.74, 6) is 0.760. The van der Waals surface area contributed by atoms with Crippen LogP contribution in [0.5, 0.6) is 5.75 Å². The Morgan fingerprint density at radius 3 is 2.78 bits per heavy atom. The van der Waals surface area contributed by atoms with Gasteiger partial charge < -0.3 is 4.74 Å². The molecule has 1 aromatic carbocycles. The van der Waals surface area contributed by atoms with E-state index in [1.807, 2.05) is 42.1 Å². The molecule has 2 heterocycles. The monoisotopic (exact) mass is 310 g/mol. The van der Waals surface area contributed by atoms with Crippen LogP contribution in [-0.2, 0) is 5.54 Å². The van der Waals surface area contributed by atoms with Crippen molar-refractivity contribution >= 4 is 11.9 Å². The molecule has 3 rings (SSSR count). The van der Waals surface area contributed by atoms with Crippen molar-refractivity contribution < 1.29 is 9.53 Å². The number of hydrogen-bond donors (Lipinski definition) is 0. The fourth-order valence-corrected chi connectivity index (χ4v) is 2.69. The second-order valence-electron chi connectivity index (χ2n) is 6.94. The molecule has 0 radical (unpaired) electrons. The topological polar surface area (TPSA) is 44.1 Å². The number of carbonyl (C=O) groups excluding carboxylic acids is 1. The van der Waals surface area contributed by atoms with Gasteiger partial charge in [0.05, 0.1) is 23.9 Å². The number of ketones is 1. The first-order valence-electron chi connectivity index (χ1n) is 7.89. The zero-order chi connectivity index (χ0) is 16.6. The van der Waals surface area contributed by atoms with Crippen molar-refractivity contribution in [2.24, 2.45) is 0 Å². The van der Waals surface area contributed by atoms with Gasteiger partial charge in [0, 0.05) is 23.8 Å². The van der Waals surface area contributed by atoms with Gasteiger partial charge in [-0.25, -0.2) is 0 Å². The van der Waals surface area contributed by atoms with Crippen molar-refractivity contribution in [3.63, 3.8) is 0 Å². The molecule has 0 fully saturated rings. The average Bonchev–Trinajstić information content (AvgIpc) is 2.89. The Balaban J connectivity index is 1.97. The quantitative estimate of drug-likeness (QED) is 0.748. The number of nitrogens with zero attached hydrogens (tertiary/aromatic N) is 2. The number of para-hydroxylation sites is 1. The van der Waals surface area contributed by atoms with Crippen molar-refractivity contribution in [1.82, 2.24) is 9.78 Å². The molecule has 0 saturated heterocycles. The third kappa shape index (κ3) is 3.07. The van der Waals surface area contributed by atoms with Crippen molar-refractivity contribution in [2.75, 3.05) is 6.61 Å². The maximum absolute atomic E-state index is 12.8. The van der Waals surface area contributed by atoms with E-state index in [0.717, 1.165) is 16.7 Å². The van der Waals surface area contributed by atoms with Crippen LogP contribution in [0.2, 0.25) is 0 Å². The molecule has 0 aliphatic carbocycles. The minimum atomic E-state index is -0.0724. The van der Waals surface area contributed by atoms with Gasteiger partial charge in [-0.1, -0.05) is 12.1 Å². The van der Waals surface area contributed by atoms with Crippen molar-refractivity contribution in [2.45, 2.75) is 39.7 Å². The van der Waals surface area contributed by atoms with E-state index in [9.17, 15) is 4.79 Å². The molecular formula is C19H22N2O2. The van der Waals surface area contributed by atoms with Crippen molar-refractivity contribution in [3.05, 3.63) is 52.9 Å². The van der Waals surface area contributed by atoms with Crippen LogP contribution in [0.4, 0.5) is 0 Å². The molecule has 0 N–H and O–H groups in total. The second-order valence-corrected chi connectivity index (χ2v) is 6.94. The number of benzene rings is 1. The lowest BCUT2D eigenvalue weighted by molar-refractivity contribution is 0.103. The molecule has 120 valence electrons. The van der Waals surface area contributed by atoms with Gasteiger partial charge in [-0.05, 0) is 45.4 Å². The summed E-state index contributed by atoms with van der Waals surface area (Å²) in [6.45, 7) is 8.78. The summed E-state index contributed by atoms with van der Waals surface area (Å²) in [5.41, 5.74) is 3.29. The van der Waals surface area contributed by atoms with Gasteiger partial charge in [-0.15, -0.1) is 0 Å². The predicted octanol–water partition coefficient (Wildman–Crippen LogP) is 4.00. The van der Waals surface area contributed by atoms with Crippen LogP contribution >= 0.6 is 0 Å². The van der Waals surface area contributed by atoms with Crippen LogP contribution < -0.4 is 4.74 Å². The molecule has 1 aromatic heterocycles. The number of fused-ring (bicyclic) bond motifs is 1. The van der Waals surface area contributed by atoms with E-state index in [0.29, 0.717) is 24.3 Å². The molecule has 0 spiro atoms. The SMILES string of the molecule is Cc1cccc2c1OCC/C(=C/c1cnn(C(C)(C)C)c1)C2=O. The first-order chi connectivity index (χ1) is 10.9. The summed E-state index contributed by atoms with van der Waals surface area (Å²) in [6, 6.07) is 5.70. The first-order valence-corrected chi connectivity index (χ1v) is 7.89. The second kappa shape index (κ2) is 5.69. The highest BCUT2D eigenvalue weighted by Crippen LogP contribution is 2.30. The highest BCUT2D eigenvalue weighted by Gasteiger charge is 2.22. The zero-order valence-electron chi connectivity index (χ0n) is 14.1. The molecule has 0 atom stereocenters. The van der Waals surface area contributed by atoms with Gasteiger partial charge in [-0.2, -0.15) is 5.10 Å². The van der Waals surface area contributed by atoms with Gasteiger partial charge in [0.15, 0.2) is 5.78 Å². The number of rotatable bonds is 1. The minimum Gasteiger partial charge on any atom is -0.492 e. The molecular weight excluding hydrogens is 288 g/mol. The molecule has 2 aromatic rings. The van der Waals surface area contributed by atoms with E-state index in [-0.39, 0.29) is 11.3 Å². The predicted molar refractivity (Wildman–Crippen MR) is 90.8 cm³/mol. The summed E-state index contributed by atoms with van der Waals surface area (Å²) in [7, 11) is 0. The number of ether oxygens (including phenoxy) is 1. The van der Waals surface area contributed by atoms with Gasteiger partial charge in [0.2, 0.25) is 0 Å². The Morgan fingerprint density at radius 1 is 1.30 bits per heavy atom. The highest BCUT2D eigenvalue weighted by molar-refractivity contribution is 6.13. The molecule has 1 aliphatic rings. The van der Waals surface area contributed by atoms with Crippen LogP contribution in [0.3, 0.4) is 0 Å². The number of carbonyl (C=O) groups is 1. The largest absolute Gasteiger partial charge is 0.492 e. The Labute approximate surface area is 136 Å². The normalized spacial score (nSPS) is 16.9. The maximum atomic E-state index is 12.8. The minimum absolute atomic E-state index is 0.0460. The number of hydrogen-bond acceptors (Lipinski definition) is 3. The van der Waals surface area contributed by atoms with E-state index in [1.165, 1.54) is 0 Å². The Hall–Kier alpha value is -2.36. The third-order valence-electron chi connectivity index (χ3n) is 4.00. The standard InChI is InChI=1S/C19H22N2O2/c1-13-6-5-7-16-17(22)15(8-9-23-18(13)16)10-14-11-20-21(12-14)19(2,3)4/h5-7,10-12H,8-9H2,1-4H3/b15-10-. The Kier molecular flexibility index (Phi) is 3.84. The number of Topliss-reactive ketones (excluding diaryl/α,β-unsaturated/α-hetero) is 1. The van der Waals surface area contributed by atoms with E-state index >= 15 is 0 Å². The fourth-order valence-electron chi connectivity index (χ4n) is 2.69. The molecule has 4 heteroatoms. The molecule has 23 heavy (non-hydrogen) atoms. The Morgan fingerprint density at radius 2 is 2.09 bits per heavy atom. The summed E-state index contributed by atoms with van der Waals surface area (Å²) >= 11 is 0. The van der Waals surface area contributed by atoms with Crippen molar-refractivity contribution in [3.8, 4) is 5.75 Å². The highest BCUT2D eigenvalue weighted by atomic mass is 16.5. The van der Waals surface area contributed by atoms with E-state index in [2.05, 4.69) is 25.9 Å². The fraction of sp³-hybridized carbons (Fsp3) is 0.368. The lowest BCUT2D eigenvalue weighted by atomic mass is 9.98. The molecule has 0 amide bonds. The van der Waals surface area contributed by atoms with Gasteiger partial charge in [0.25, 0.3) is 0 Å². The van der Waals surface area contributed by atoms with Gasteiger partial charge in [-0.3, -0.25) is 9.48 Å². The molecule has 0 unspecified atom stereocenters. The maximum Gasteiger partial charge on any atom is 0.192 e. The lowest BCUT2D eigenvalue weighted by Gasteiger charge is -2.18. The summed E-state index contributed by atoms with van der Waals surface area (Å²) < 4.78 is 7.71. The summed E-state index contributed by atoms with van der Waals surface area (Å²) in [6.07, 6.45) is 6.31. The first kappa shape index (κ1) is 15.5. The summed E-state index contributed by atoms with van der Waals surface area (Å²) in [5, 5.41) is 4.39. The average molecular weight is 310 g/mol. The van der Waals surface area contributed by atoms with Crippen LogP contribution in [0.1, 0.15) is 48.7 Å². The van der Waals surface area contributed by atoms with E-state index < -0.39 is 0 Å². The van der Waals surface area contributed by atoms with Crippen LogP contribution in [0.15, 0.2) is 36.2 Å². The lowest BCUT2D eigenvalue weighted by Crippen LogP contribution is -2.21. The Bertz CT molecular complexity index is 779. The van der Waals surface area contributed by atoms with Gasteiger partial charge in [0.1, 0.15) is 5.75 Å². The molecule has 0 bridgehead atoms. The third-order valence-corrected chi connectivity index (χ3v) is 4.00. The summed E-state index contributed by atoms with van der Waals surface area (Å²) in [4.78, 5) is 12.8. The van der Waals surface area contributed by atoms with Gasteiger partial charge >= 0.3 is 0 Å². The zero-order valence-corrected chi connectivity index (χ0v) is 14.1. The molecule has 0 saturated carbocycles. The molecule has 1 aliphatic heterocycles. The number of aromatic nitrogens is 2. The van der Waals surface area contributed by atoms with Crippen LogP contribution in [-0.4, -0.2) is 22.2 Å². The van der Waals surface area contributed by atoms with Crippen LogP contribution in [0.25, 0.3) is 6.08 Å².